The average Bonchev–Trinajstić information content (AvgIpc) is 1.88. The molecule has 0 radical (unpaired) electrons. The average molecular weight is 178 g/mol. The molecule has 1 aliphatic heterocycles. The van der Waals surface area contributed by atoms with E-state index in [9.17, 15) is 4.79 Å². The molecule has 0 amide bonds. The predicted octanol–water partition coefficient (Wildman–Crippen LogP) is -3.35. The molecule has 0 aromatic rings. The molecule has 0 saturated carbocycles. The predicted molar refractivity (Wildman–Crippen MR) is 40.1 cm³/mol. The smallest absolute Gasteiger partial charge is 0.187 e. The Hall–Kier alpha value is -0.0800. The van der Waals surface area contributed by atoms with Gasteiger partial charge in [0.2, 0.25) is 0 Å². The van der Waals surface area contributed by atoms with Crippen molar-refractivity contribution in [2.45, 2.75) is 26.2 Å². The van der Waals surface area contributed by atoms with Gasteiger partial charge in [0, 0.05) is 12.8 Å². The molecular formula is C8H16ClNO. The van der Waals surface area contributed by atoms with Gasteiger partial charge >= 0.3 is 0 Å². The molecule has 3 heteroatoms. The van der Waals surface area contributed by atoms with Crippen LogP contribution in [0.2, 0.25) is 0 Å². The van der Waals surface area contributed by atoms with E-state index in [2.05, 4.69) is 6.92 Å². The fourth-order valence-electron chi connectivity index (χ4n) is 1.56. The van der Waals surface area contributed by atoms with Crippen LogP contribution >= 0.6 is 0 Å². The number of nitrogens with one attached hydrogen (secondary N) is 1. The number of Topliss-reactive ketones (excluding diaryl/α,β-unsaturated/α-hetero) is 1. The Kier molecular flexibility index (Phi) is 5.51. The van der Waals surface area contributed by atoms with Crippen molar-refractivity contribution < 1.29 is 22.1 Å². The maximum Gasteiger partial charge on any atom is 0.187 e. The minimum Gasteiger partial charge on any atom is -1.00 e. The number of rotatable bonds is 2. The highest BCUT2D eigenvalue weighted by Gasteiger charge is 2.18. The van der Waals surface area contributed by atoms with Crippen LogP contribution in [-0.4, -0.2) is 25.4 Å². The van der Waals surface area contributed by atoms with E-state index in [-0.39, 0.29) is 12.4 Å². The lowest BCUT2D eigenvalue weighted by molar-refractivity contribution is -0.894. The van der Waals surface area contributed by atoms with E-state index in [4.69, 9.17) is 0 Å². The quantitative estimate of drug-likeness (QED) is 0.468. The zero-order valence-corrected chi connectivity index (χ0v) is 7.78. The summed E-state index contributed by atoms with van der Waals surface area (Å²) in [6.45, 7) is 5.34. The number of quaternary nitrogens is 1. The first-order valence-corrected chi connectivity index (χ1v) is 4.18. The van der Waals surface area contributed by atoms with Gasteiger partial charge in [0.15, 0.2) is 5.78 Å². The van der Waals surface area contributed by atoms with Gasteiger partial charge in [-0.05, 0) is 6.42 Å². The number of hydrogen-bond donors (Lipinski definition) is 1. The lowest BCUT2D eigenvalue weighted by atomic mass is 10.1. The minimum absolute atomic E-state index is 0. The summed E-state index contributed by atoms with van der Waals surface area (Å²) in [7, 11) is 0. The number of likely N-dealkylation sites (tertiary alicyclic amines) is 1. The Bertz CT molecular complexity index is 125. The van der Waals surface area contributed by atoms with Gasteiger partial charge in [-0.2, -0.15) is 0 Å². The van der Waals surface area contributed by atoms with Crippen molar-refractivity contribution in [2.24, 2.45) is 0 Å². The standard InChI is InChI=1S/C8H15NO.ClH/c1-2-5-9-6-3-4-8(10)7-9;/h2-7H2,1H3;1H. The summed E-state index contributed by atoms with van der Waals surface area (Å²) in [4.78, 5) is 12.4. The van der Waals surface area contributed by atoms with E-state index in [0.717, 1.165) is 19.4 Å². The lowest BCUT2D eigenvalue weighted by Crippen LogP contribution is -3.13. The fourth-order valence-corrected chi connectivity index (χ4v) is 1.56. The molecular weight excluding hydrogens is 162 g/mol. The number of piperidine rings is 1. The summed E-state index contributed by atoms with van der Waals surface area (Å²) in [6, 6.07) is 0. The first-order chi connectivity index (χ1) is 4.83. The Morgan fingerprint density at radius 2 is 2.27 bits per heavy atom. The molecule has 0 aromatic heterocycles. The first-order valence-electron chi connectivity index (χ1n) is 4.18. The van der Waals surface area contributed by atoms with Crippen LogP contribution in [0.1, 0.15) is 26.2 Å². The van der Waals surface area contributed by atoms with Crippen molar-refractivity contribution in [3.05, 3.63) is 0 Å². The summed E-state index contributed by atoms with van der Waals surface area (Å²) in [5.74, 6) is 0.453. The number of halogens is 1. The Labute approximate surface area is 74.4 Å². The second-order valence-electron chi connectivity index (χ2n) is 3.07. The van der Waals surface area contributed by atoms with Crippen LogP contribution in [0.5, 0.6) is 0 Å². The number of carbonyl (C=O) groups is 1. The molecule has 0 bridgehead atoms. The molecule has 1 N–H and O–H groups in total. The van der Waals surface area contributed by atoms with Gasteiger partial charge < -0.3 is 17.3 Å². The molecule has 1 aliphatic rings. The maximum absolute atomic E-state index is 10.9. The van der Waals surface area contributed by atoms with Crippen molar-refractivity contribution >= 4 is 5.78 Å². The van der Waals surface area contributed by atoms with E-state index in [1.165, 1.54) is 24.4 Å². The first kappa shape index (κ1) is 10.9. The SMILES string of the molecule is CCC[NH+]1CCCC(=O)C1.[Cl-]. The molecule has 1 unspecified atom stereocenters. The zero-order chi connectivity index (χ0) is 7.40. The van der Waals surface area contributed by atoms with Gasteiger partial charge in [0.25, 0.3) is 0 Å². The van der Waals surface area contributed by atoms with Crippen molar-refractivity contribution in [3.63, 3.8) is 0 Å². The van der Waals surface area contributed by atoms with E-state index in [1.54, 1.807) is 0 Å². The third kappa shape index (κ3) is 3.73. The molecule has 1 saturated heterocycles. The third-order valence-electron chi connectivity index (χ3n) is 2.04. The van der Waals surface area contributed by atoms with Crippen LogP contribution in [0, 0.1) is 0 Å². The van der Waals surface area contributed by atoms with E-state index in [1.807, 2.05) is 0 Å². The minimum atomic E-state index is 0. The molecule has 0 aliphatic carbocycles. The van der Waals surface area contributed by atoms with Gasteiger partial charge in [-0.1, -0.05) is 6.92 Å². The molecule has 1 atom stereocenters. The molecule has 2 nitrogen and oxygen atoms in total. The van der Waals surface area contributed by atoms with Crippen LogP contribution in [0.3, 0.4) is 0 Å². The van der Waals surface area contributed by atoms with Gasteiger partial charge in [-0.15, -0.1) is 0 Å². The highest BCUT2D eigenvalue weighted by Crippen LogP contribution is 1.90. The van der Waals surface area contributed by atoms with Crippen LogP contribution < -0.4 is 17.3 Å². The lowest BCUT2D eigenvalue weighted by Gasteiger charge is -2.21. The summed E-state index contributed by atoms with van der Waals surface area (Å²) in [5.41, 5.74) is 0. The van der Waals surface area contributed by atoms with Crippen molar-refractivity contribution in [1.82, 2.24) is 0 Å². The van der Waals surface area contributed by atoms with Gasteiger partial charge in [0.05, 0.1) is 13.1 Å². The summed E-state index contributed by atoms with van der Waals surface area (Å²) in [5, 5.41) is 0. The van der Waals surface area contributed by atoms with Crippen molar-refractivity contribution in [1.29, 1.82) is 0 Å². The van der Waals surface area contributed by atoms with Gasteiger partial charge in [0.1, 0.15) is 6.54 Å². The molecule has 1 heterocycles. The largest absolute Gasteiger partial charge is 1.00 e. The molecule has 0 aromatic carbocycles. The third-order valence-corrected chi connectivity index (χ3v) is 2.04. The second-order valence-corrected chi connectivity index (χ2v) is 3.07. The Balaban J connectivity index is 0.000001000. The molecule has 11 heavy (non-hydrogen) atoms. The second kappa shape index (κ2) is 5.56. The Morgan fingerprint density at radius 1 is 1.55 bits per heavy atom. The van der Waals surface area contributed by atoms with Crippen LogP contribution in [-0.2, 0) is 4.79 Å². The fraction of sp³-hybridized carbons (Fsp3) is 0.875. The van der Waals surface area contributed by atoms with E-state index in [0.29, 0.717) is 5.78 Å². The normalized spacial score (nSPS) is 24.5. The van der Waals surface area contributed by atoms with Crippen LogP contribution in [0.25, 0.3) is 0 Å². The number of hydrogen-bond acceptors (Lipinski definition) is 1. The Morgan fingerprint density at radius 3 is 2.82 bits per heavy atom. The molecule has 66 valence electrons. The molecule has 1 fully saturated rings. The summed E-state index contributed by atoms with van der Waals surface area (Å²) < 4.78 is 0. The van der Waals surface area contributed by atoms with Crippen molar-refractivity contribution in [2.75, 3.05) is 19.6 Å². The summed E-state index contributed by atoms with van der Waals surface area (Å²) >= 11 is 0. The monoisotopic (exact) mass is 177 g/mol. The van der Waals surface area contributed by atoms with Gasteiger partial charge in [-0.3, -0.25) is 4.79 Å². The number of carbonyl (C=O) groups excluding carboxylic acids is 1. The summed E-state index contributed by atoms with van der Waals surface area (Å²) in [6.07, 6.45) is 3.13. The maximum atomic E-state index is 10.9. The van der Waals surface area contributed by atoms with Gasteiger partial charge in [-0.25, -0.2) is 0 Å². The topological polar surface area (TPSA) is 21.5 Å². The number of ketones is 1. The van der Waals surface area contributed by atoms with E-state index < -0.39 is 0 Å². The van der Waals surface area contributed by atoms with E-state index >= 15 is 0 Å². The van der Waals surface area contributed by atoms with Crippen LogP contribution in [0.4, 0.5) is 0 Å². The zero-order valence-electron chi connectivity index (χ0n) is 7.03. The molecule has 0 spiro atoms. The molecule has 1 rings (SSSR count). The highest BCUT2D eigenvalue weighted by molar-refractivity contribution is 5.79. The van der Waals surface area contributed by atoms with Crippen molar-refractivity contribution in [3.8, 4) is 0 Å². The highest BCUT2D eigenvalue weighted by atomic mass is 35.5. The van der Waals surface area contributed by atoms with Crippen LogP contribution in [0.15, 0.2) is 0 Å².